The van der Waals surface area contributed by atoms with Crippen LogP contribution in [-0.4, -0.2) is 34.5 Å². The summed E-state index contributed by atoms with van der Waals surface area (Å²) in [6.07, 6.45) is 1.49. The molecule has 0 spiro atoms. The summed E-state index contributed by atoms with van der Waals surface area (Å²) in [4.78, 5) is 34.6. The molecule has 1 fully saturated rings. The number of rotatable bonds is 3. The highest BCUT2D eigenvalue weighted by atomic mass is 79.9. The highest BCUT2D eigenvalue weighted by molar-refractivity contribution is 9.10. The van der Waals surface area contributed by atoms with Gasteiger partial charge in [0.25, 0.3) is 5.91 Å². The van der Waals surface area contributed by atoms with Crippen molar-refractivity contribution in [1.82, 2.24) is 10.2 Å². The van der Waals surface area contributed by atoms with Gasteiger partial charge in [-0.15, -0.1) is 0 Å². The number of nitrogens with one attached hydrogen (secondary N) is 1. The lowest BCUT2D eigenvalue weighted by Gasteiger charge is -2.06. The molecular weight excluding hydrogens is 316 g/mol. The van der Waals surface area contributed by atoms with Gasteiger partial charge in [-0.2, -0.15) is 0 Å². The smallest absolute Gasteiger partial charge is 0.329 e. The van der Waals surface area contributed by atoms with Gasteiger partial charge >= 0.3 is 12.0 Å². The molecule has 0 atom stereocenters. The molecule has 3 amide bonds. The maximum absolute atomic E-state index is 11.9. The fourth-order valence-electron chi connectivity index (χ4n) is 1.60. The second-order valence-corrected chi connectivity index (χ2v) is 4.65. The molecule has 7 heteroatoms. The van der Waals surface area contributed by atoms with Gasteiger partial charge < -0.3 is 10.4 Å². The number of carbonyl (C=O) groups is 3. The molecule has 1 aliphatic heterocycles. The van der Waals surface area contributed by atoms with E-state index >= 15 is 0 Å². The molecule has 0 aromatic heterocycles. The van der Waals surface area contributed by atoms with Gasteiger partial charge in [-0.05, 0) is 17.7 Å². The van der Waals surface area contributed by atoms with Gasteiger partial charge in [-0.3, -0.25) is 9.59 Å². The third-order valence-electron chi connectivity index (χ3n) is 2.46. The predicted molar refractivity (Wildman–Crippen MR) is 70.0 cm³/mol. The Kier molecular flexibility index (Phi) is 3.66. The molecule has 1 aromatic carbocycles. The van der Waals surface area contributed by atoms with Crippen LogP contribution in [0.15, 0.2) is 34.4 Å². The van der Waals surface area contributed by atoms with Gasteiger partial charge in [0, 0.05) is 4.47 Å². The number of hydrogen-bond donors (Lipinski definition) is 2. The maximum atomic E-state index is 11.9. The van der Waals surface area contributed by atoms with Crippen molar-refractivity contribution in [2.24, 2.45) is 0 Å². The van der Waals surface area contributed by atoms with Crippen molar-refractivity contribution >= 4 is 39.9 Å². The minimum atomic E-state index is -1.24. The van der Waals surface area contributed by atoms with Crippen LogP contribution in [-0.2, 0) is 9.59 Å². The van der Waals surface area contributed by atoms with Gasteiger partial charge in [-0.1, -0.05) is 34.1 Å². The van der Waals surface area contributed by atoms with Crippen molar-refractivity contribution in [3.63, 3.8) is 0 Å². The second kappa shape index (κ2) is 5.23. The molecule has 0 saturated carbocycles. The van der Waals surface area contributed by atoms with Crippen molar-refractivity contribution in [2.75, 3.05) is 6.54 Å². The number of carbonyl (C=O) groups excluding carboxylic acids is 2. The number of benzene rings is 1. The predicted octanol–water partition coefficient (Wildman–Crippen LogP) is 1.43. The summed E-state index contributed by atoms with van der Waals surface area (Å²) in [7, 11) is 0. The number of imide groups is 1. The molecular formula is C12H9BrN2O4. The van der Waals surface area contributed by atoms with Crippen LogP contribution in [0.1, 0.15) is 5.56 Å². The summed E-state index contributed by atoms with van der Waals surface area (Å²) < 4.78 is 0.765. The van der Waals surface area contributed by atoms with E-state index in [1.165, 1.54) is 6.08 Å². The van der Waals surface area contributed by atoms with Crippen LogP contribution in [0.3, 0.4) is 0 Å². The van der Waals surface area contributed by atoms with E-state index in [4.69, 9.17) is 5.11 Å². The van der Waals surface area contributed by atoms with Crippen molar-refractivity contribution in [2.45, 2.75) is 0 Å². The fourth-order valence-corrected chi connectivity index (χ4v) is 2.00. The Morgan fingerprint density at radius 2 is 2.05 bits per heavy atom. The van der Waals surface area contributed by atoms with Gasteiger partial charge in [0.05, 0.1) is 0 Å². The average molecular weight is 325 g/mol. The van der Waals surface area contributed by atoms with Gasteiger partial charge in [0.1, 0.15) is 12.2 Å². The van der Waals surface area contributed by atoms with Crippen LogP contribution >= 0.6 is 15.9 Å². The molecule has 1 saturated heterocycles. The summed E-state index contributed by atoms with van der Waals surface area (Å²) in [6, 6.07) is 6.43. The third kappa shape index (κ3) is 2.82. The first-order valence-electron chi connectivity index (χ1n) is 5.30. The Morgan fingerprint density at radius 3 is 2.68 bits per heavy atom. The van der Waals surface area contributed by atoms with Crippen molar-refractivity contribution in [3.05, 3.63) is 40.0 Å². The van der Waals surface area contributed by atoms with E-state index in [1.54, 1.807) is 18.2 Å². The zero-order valence-corrected chi connectivity index (χ0v) is 11.2. The Balaban J connectivity index is 2.28. The molecule has 2 rings (SSSR count). The summed E-state index contributed by atoms with van der Waals surface area (Å²) in [5, 5.41) is 11.0. The first-order chi connectivity index (χ1) is 8.99. The number of halogens is 1. The average Bonchev–Trinajstić information content (AvgIpc) is 2.60. The minimum absolute atomic E-state index is 0.0538. The number of amides is 3. The highest BCUT2D eigenvalue weighted by Crippen LogP contribution is 2.20. The molecule has 98 valence electrons. The van der Waals surface area contributed by atoms with Gasteiger partial charge in [0.2, 0.25) is 0 Å². The summed E-state index contributed by atoms with van der Waals surface area (Å²) >= 11 is 3.32. The molecule has 2 N–H and O–H groups in total. The van der Waals surface area contributed by atoms with Crippen LogP contribution < -0.4 is 5.32 Å². The first kappa shape index (κ1) is 13.3. The van der Waals surface area contributed by atoms with E-state index in [9.17, 15) is 14.4 Å². The number of hydrogen-bond acceptors (Lipinski definition) is 3. The van der Waals surface area contributed by atoms with Crippen LogP contribution in [0.25, 0.3) is 6.08 Å². The molecule has 19 heavy (non-hydrogen) atoms. The summed E-state index contributed by atoms with van der Waals surface area (Å²) in [6.45, 7) is -0.655. The lowest BCUT2D eigenvalue weighted by molar-refractivity contribution is -0.140. The fraction of sp³-hybridized carbons (Fsp3) is 0.0833. The van der Waals surface area contributed by atoms with Crippen LogP contribution in [0.4, 0.5) is 4.79 Å². The molecule has 0 radical (unpaired) electrons. The number of urea groups is 1. The number of nitrogens with zero attached hydrogens (tertiary/aromatic N) is 1. The Hall–Kier alpha value is -2.15. The second-order valence-electron chi connectivity index (χ2n) is 3.79. The van der Waals surface area contributed by atoms with Crippen LogP contribution in [0.2, 0.25) is 0 Å². The maximum Gasteiger partial charge on any atom is 0.329 e. The van der Waals surface area contributed by atoms with Crippen LogP contribution in [0.5, 0.6) is 0 Å². The molecule has 1 aliphatic rings. The molecule has 1 heterocycles. The van der Waals surface area contributed by atoms with E-state index in [1.807, 2.05) is 6.07 Å². The lowest BCUT2D eigenvalue weighted by atomic mass is 10.2. The summed E-state index contributed by atoms with van der Waals surface area (Å²) in [5.74, 6) is -1.89. The number of carboxylic acid groups (broad SMARTS) is 1. The Morgan fingerprint density at radius 1 is 1.37 bits per heavy atom. The van der Waals surface area contributed by atoms with Gasteiger partial charge in [-0.25, -0.2) is 9.69 Å². The highest BCUT2D eigenvalue weighted by Gasteiger charge is 2.34. The lowest BCUT2D eigenvalue weighted by Crippen LogP contribution is -2.35. The molecule has 0 aliphatic carbocycles. The van der Waals surface area contributed by atoms with E-state index in [2.05, 4.69) is 21.2 Å². The number of carboxylic acids is 1. The molecule has 1 aromatic rings. The quantitative estimate of drug-likeness (QED) is 0.650. The van der Waals surface area contributed by atoms with E-state index < -0.39 is 24.5 Å². The third-order valence-corrected chi connectivity index (χ3v) is 3.18. The Bertz CT molecular complexity index is 597. The molecule has 6 nitrogen and oxygen atoms in total. The van der Waals surface area contributed by atoms with Crippen LogP contribution in [0, 0.1) is 0 Å². The number of aliphatic carboxylic acids is 1. The Labute approximate surface area is 116 Å². The molecule has 0 bridgehead atoms. The summed E-state index contributed by atoms with van der Waals surface area (Å²) in [5.41, 5.74) is 0.765. The zero-order chi connectivity index (χ0) is 14.0. The monoisotopic (exact) mass is 324 g/mol. The normalized spacial score (nSPS) is 16.9. The van der Waals surface area contributed by atoms with Gasteiger partial charge in [0.15, 0.2) is 0 Å². The topological polar surface area (TPSA) is 86.7 Å². The van der Waals surface area contributed by atoms with Crippen molar-refractivity contribution in [1.29, 1.82) is 0 Å². The first-order valence-corrected chi connectivity index (χ1v) is 6.09. The van der Waals surface area contributed by atoms with E-state index in [-0.39, 0.29) is 5.70 Å². The van der Waals surface area contributed by atoms with Crippen molar-refractivity contribution < 1.29 is 19.5 Å². The van der Waals surface area contributed by atoms with E-state index in [0.29, 0.717) is 10.5 Å². The molecule has 0 unspecified atom stereocenters. The SMILES string of the molecule is O=C(O)CN1C(=O)N/C(=C\c2ccccc2Br)C1=O. The van der Waals surface area contributed by atoms with E-state index in [0.717, 1.165) is 4.47 Å². The largest absolute Gasteiger partial charge is 0.480 e. The zero-order valence-electron chi connectivity index (χ0n) is 9.59. The minimum Gasteiger partial charge on any atom is -0.480 e. The standard InChI is InChI=1S/C12H9BrN2O4/c13-8-4-2-1-3-7(8)5-9-11(18)15(6-10(16)17)12(19)14-9/h1-5H,6H2,(H,14,19)(H,16,17)/b9-5-. The van der Waals surface area contributed by atoms with Crippen molar-refractivity contribution in [3.8, 4) is 0 Å².